The van der Waals surface area contributed by atoms with Gasteiger partial charge in [0.15, 0.2) is 0 Å². The zero-order chi connectivity index (χ0) is 23.9. The van der Waals surface area contributed by atoms with Crippen LogP contribution in [-0.4, -0.2) is 33.5 Å². The van der Waals surface area contributed by atoms with Crippen molar-refractivity contribution in [3.63, 3.8) is 0 Å². The number of carbonyl (C=O) groups is 1. The van der Waals surface area contributed by atoms with Gasteiger partial charge in [0, 0.05) is 11.9 Å². The number of rotatable bonds is 4. The maximum absolute atomic E-state index is 11.3. The SMILES string of the molecule is [2H]C1([2H])C[C@]2(C)C3CC[C@@]4(C)C(CC[C@@H]4[C@H](C)CCC(=O)O)C3[C@@H](O)C[C@@H]2C([2H])([2H])[C@@H]1O. The Morgan fingerprint density at radius 3 is 2.57 bits per heavy atom. The molecule has 0 spiro atoms. The summed E-state index contributed by atoms with van der Waals surface area (Å²) >= 11 is 0. The van der Waals surface area contributed by atoms with Crippen LogP contribution in [0.2, 0.25) is 0 Å². The molecular formula is C24H40O4. The van der Waals surface area contributed by atoms with Crippen molar-refractivity contribution in [3.8, 4) is 0 Å². The minimum atomic E-state index is -2.08. The molecule has 4 fully saturated rings. The van der Waals surface area contributed by atoms with Gasteiger partial charge in [-0.05, 0) is 104 Å². The van der Waals surface area contributed by atoms with Gasteiger partial charge in [0.1, 0.15) is 0 Å². The van der Waals surface area contributed by atoms with E-state index in [0.717, 1.165) is 25.7 Å². The first kappa shape index (κ1) is 16.1. The van der Waals surface area contributed by atoms with Gasteiger partial charge in [-0.3, -0.25) is 4.79 Å². The summed E-state index contributed by atoms with van der Waals surface area (Å²) in [5, 5.41) is 31.0. The second kappa shape index (κ2) is 7.27. The highest BCUT2D eigenvalue weighted by atomic mass is 16.4. The van der Waals surface area contributed by atoms with Crippen molar-refractivity contribution >= 4 is 5.97 Å². The molecule has 0 saturated heterocycles. The van der Waals surface area contributed by atoms with Crippen LogP contribution in [0, 0.1) is 46.3 Å². The highest BCUT2D eigenvalue weighted by Crippen LogP contribution is 2.68. The Labute approximate surface area is 175 Å². The second-order valence-corrected chi connectivity index (χ2v) is 10.7. The topological polar surface area (TPSA) is 77.8 Å². The summed E-state index contributed by atoms with van der Waals surface area (Å²) in [4.78, 5) is 11.1. The molecule has 28 heavy (non-hydrogen) atoms. The molecule has 0 bridgehead atoms. The fourth-order valence-corrected chi connectivity index (χ4v) is 8.03. The van der Waals surface area contributed by atoms with Crippen molar-refractivity contribution in [1.82, 2.24) is 0 Å². The molecule has 4 aliphatic carbocycles. The lowest BCUT2D eigenvalue weighted by molar-refractivity contribution is -0.174. The predicted octanol–water partition coefficient (Wildman–Crippen LogP) is 4.48. The molecule has 0 aromatic heterocycles. The molecule has 0 aromatic carbocycles. The van der Waals surface area contributed by atoms with Gasteiger partial charge in [-0.25, -0.2) is 0 Å². The largest absolute Gasteiger partial charge is 0.481 e. The molecule has 10 atom stereocenters. The smallest absolute Gasteiger partial charge is 0.303 e. The summed E-state index contributed by atoms with van der Waals surface area (Å²) in [5.41, 5.74) is -0.583. The molecule has 3 unspecified atom stereocenters. The van der Waals surface area contributed by atoms with Crippen LogP contribution < -0.4 is 0 Å². The van der Waals surface area contributed by atoms with Gasteiger partial charge in [0.25, 0.3) is 0 Å². The number of aliphatic hydroxyl groups is 2. The third-order valence-corrected chi connectivity index (χ3v) is 9.51. The molecular weight excluding hydrogens is 352 g/mol. The minimum absolute atomic E-state index is 0.00789. The predicted molar refractivity (Wildman–Crippen MR) is 109 cm³/mol. The summed E-state index contributed by atoms with van der Waals surface area (Å²) in [7, 11) is 0. The number of aliphatic carboxylic acids is 1. The Morgan fingerprint density at radius 2 is 1.86 bits per heavy atom. The van der Waals surface area contributed by atoms with Gasteiger partial charge in [0.2, 0.25) is 0 Å². The van der Waals surface area contributed by atoms with Gasteiger partial charge in [0.05, 0.1) is 12.2 Å². The molecule has 4 heteroatoms. The second-order valence-electron chi connectivity index (χ2n) is 10.7. The normalized spacial score (nSPS) is 57.4. The van der Waals surface area contributed by atoms with Gasteiger partial charge < -0.3 is 15.3 Å². The highest BCUT2D eigenvalue weighted by Gasteiger charge is 2.62. The maximum Gasteiger partial charge on any atom is 0.303 e. The van der Waals surface area contributed by atoms with E-state index in [4.69, 9.17) is 10.6 Å². The van der Waals surface area contributed by atoms with Crippen molar-refractivity contribution in [2.24, 2.45) is 46.3 Å². The van der Waals surface area contributed by atoms with E-state index in [-0.39, 0.29) is 42.4 Å². The molecule has 0 radical (unpaired) electrons. The molecule has 160 valence electrons. The van der Waals surface area contributed by atoms with E-state index < -0.39 is 42.3 Å². The summed E-state index contributed by atoms with van der Waals surface area (Å²) < 4.78 is 34.0. The van der Waals surface area contributed by atoms with Crippen LogP contribution >= 0.6 is 0 Å². The van der Waals surface area contributed by atoms with E-state index in [1.165, 1.54) is 0 Å². The molecule has 3 N–H and O–H groups in total. The third kappa shape index (κ3) is 3.14. The number of hydrogen-bond donors (Lipinski definition) is 3. The fraction of sp³-hybridized carbons (Fsp3) is 0.958. The summed E-state index contributed by atoms with van der Waals surface area (Å²) in [5.74, 6) is -0.291. The highest BCUT2D eigenvalue weighted by molar-refractivity contribution is 5.66. The van der Waals surface area contributed by atoms with Crippen molar-refractivity contribution in [2.75, 3.05) is 0 Å². The van der Waals surface area contributed by atoms with Crippen LogP contribution in [0.5, 0.6) is 0 Å². The van der Waals surface area contributed by atoms with E-state index in [9.17, 15) is 15.0 Å². The Kier molecular flexibility index (Phi) is 4.19. The van der Waals surface area contributed by atoms with Gasteiger partial charge in [-0.2, -0.15) is 0 Å². The van der Waals surface area contributed by atoms with E-state index in [0.29, 0.717) is 18.3 Å². The Hall–Kier alpha value is -0.610. The molecule has 4 saturated carbocycles. The monoisotopic (exact) mass is 396 g/mol. The van der Waals surface area contributed by atoms with Crippen LogP contribution in [-0.2, 0) is 4.79 Å². The van der Waals surface area contributed by atoms with Crippen molar-refractivity contribution in [2.45, 2.75) is 97.1 Å². The molecule has 0 heterocycles. The molecule has 0 aliphatic heterocycles. The first-order valence-corrected chi connectivity index (χ1v) is 11.2. The lowest BCUT2D eigenvalue weighted by atomic mass is 9.43. The molecule has 0 aromatic rings. The van der Waals surface area contributed by atoms with Gasteiger partial charge >= 0.3 is 5.97 Å². The average Bonchev–Trinajstić information content (AvgIpc) is 3.03. The van der Waals surface area contributed by atoms with Crippen molar-refractivity contribution in [1.29, 1.82) is 0 Å². The molecule has 4 aliphatic rings. The zero-order valence-electron chi connectivity index (χ0n) is 21.5. The summed E-state index contributed by atoms with van der Waals surface area (Å²) in [6.07, 6.45) is -1.38. The number of carboxylic acid groups (broad SMARTS) is 1. The van der Waals surface area contributed by atoms with Crippen LogP contribution in [0.15, 0.2) is 0 Å². The van der Waals surface area contributed by atoms with E-state index in [1.807, 2.05) is 6.92 Å². The van der Waals surface area contributed by atoms with E-state index >= 15 is 0 Å². The summed E-state index contributed by atoms with van der Waals surface area (Å²) in [6, 6.07) is 0. The first-order chi connectivity index (χ1) is 14.7. The Morgan fingerprint density at radius 1 is 1.14 bits per heavy atom. The van der Waals surface area contributed by atoms with Crippen LogP contribution in [0.3, 0.4) is 0 Å². The molecule has 0 amide bonds. The number of carboxylic acids is 1. The lowest BCUT2D eigenvalue weighted by Crippen LogP contribution is -2.58. The van der Waals surface area contributed by atoms with Crippen LogP contribution in [0.25, 0.3) is 0 Å². The van der Waals surface area contributed by atoms with Crippen molar-refractivity contribution < 1.29 is 25.6 Å². The van der Waals surface area contributed by atoms with E-state index in [1.54, 1.807) is 0 Å². The van der Waals surface area contributed by atoms with Gasteiger partial charge in [-0.1, -0.05) is 20.8 Å². The lowest BCUT2D eigenvalue weighted by Gasteiger charge is -2.62. The number of fused-ring (bicyclic) bond motifs is 5. The summed E-state index contributed by atoms with van der Waals surface area (Å²) in [6.45, 7) is 6.48. The maximum atomic E-state index is 11.3. The Balaban J connectivity index is 1.64. The van der Waals surface area contributed by atoms with E-state index in [2.05, 4.69) is 13.8 Å². The van der Waals surface area contributed by atoms with Crippen molar-refractivity contribution in [3.05, 3.63) is 0 Å². The fourth-order valence-electron chi connectivity index (χ4n) is 8.03. The van der Waals surface area contributed by atoms with Crippen LogP contribution in [0.1, 0.15) is 90.4 Å². The quantitative estimate of drug-likeness (QED) is 0.655. The van der Waals surface area contributed by atoms with Crippen LogP contribution in [0.4, 0.5) is 0 Å². The van der Waals surface area contributed by atoms with Gasteiger partial charge in [-0.15, -0.1) is 0 Å². The minimum Gasteiger partial charge on any atom is -0.481 e. The number of hydrogen-bond acceptors (Lipinski definition) is 3. The molecule has 4 nitrogen and oxygen atoms in total. The average molecular weight is 397 g/mol. The standard InChI is InChI=1S/C24H40O4/c1-14(4-7-21(27)28)17-5-6-18-22-19(9-11-24(17,18)3)23(2)10-8-16(25)12-15(23)13-20(22)26/h14-20,22,25-26H,4-13H2,1-3H3,(H,27,28)/t14-,15+,16-,17-,18?,19?,20+,22?,23+,24-/m1/s1/i8D2,12D2. The Bertz CT molecular complexity index is 760. The molecule has 4 rings (SSSR count). The third-order valence-electron chi connectivity index (χ3n) is 9.51. The number of aliphatic hydroxyl groups excluding tert-OH is 2. The first-order valence-electron chi connectivity index (χ1n) is 13.2. The zero-order valence-corrected chi connectivity index (χ0v) is 17.5.